The molecule has 0 aliphatic carbocycles. The van der Waals surface area contributed by atoms with E-state index in [-0.39, 0.29) is 23.6 Å². The summed E-state index contributed by atoms with van der Waals surface area (Å²) in [7, 11) is 0. The molecule has 2 N–H and O–H groups in total. The standard InChI is InChI=1S/C32H34N2O3S/c1-21-5-4-6-22(15-21)28(18-34-13-2-3-14-34)23-7-10-26(29-20-38-31-17-25(35)9-11-27(29)31)30(16-23)37-19-24-8-12-32(36)33-24/h4-7,9-11,15-17,20,24,28,35H,2-3,8,12-14,18-19H2,1H3,(H,33,36). The second kappa shape index (κ2) is 10.8. The van der Waals surface area contributed by atoms with Gasteiger partial charge in [-0.1, -0.05) is 42.0 Å². The molecule has 2 fully saturated rings. The van der Waals surface area contributed by atoms with Crippen molar-refractivity contribution in [3.8, 4) is 22.6 Å². The number of hydrogen-bond acceptors (Lipinski definition) is 5. The third kappa shape index (κ3) is 5.29. The lowest BCUT2D eigenvalue weighted by Gasteiger charge is -2.26. The molecule has 196 valence electrons. The van der Waals surface area contributed by atoms with Crippen molar-refractivity contribution in [2.45, 2.75) is 44.6 Å². The molecule has 3 aromatic carbocycles. The molecule has 5 nitrogen and oxygen atoms in total. The van der Waals surface area contributed by atoms with Crippen LogP contribution in [0.5, 0.6) is 11.5 Å². The third-order valence-corrected chi connectivity index (χ3v) is 8.81. The van der Waals surface area contributed by atoms with Crippen LogP contribution in [0.25, 0.3) is 21.2 Å². The Morgan fingerprint density at radius 1 is 1.05 bits per heavy atom. The van der Waals surface area contributed by atoms with E-state index in [0.717, 1.165) is 53.0 Å². The summed E-state index contributed by atoms with van der Waals surface area (Å²) in [5.74, 6) is 1.46. The van der Waals surface area contributed by atoms with Crippen molar-refractivity contribution < 1.29 is 14.6 Å². The highest BCUT2D eigenvalue weighted by molar-refractivity contribution is 7.17. The first-order chi connectivity index (χ1) is 18.5. The molecule has 0 spiro atoms. The lowest BCUT2D eigenvalue weighted by molar-refractivity contribution is -0.119. The average Bonchev–Trinajstić information content (AvgIpc) is 3.67. The molecule has 2 aliphatic heterocycles. The van der Waals surface area contributed by atoms with Crippen molar-refractivity contribution in [1.29, 1.82) is 0 Å². The highest BCUT2D eigenvalue weighted by atomic mass is 32.1. The SMILES string of the molecule is Cc1cccc(C(CN2CCCC2)c2ccc(-c3csc4cc(O)ccc34)c(OCC3CCC(=O)N3)c2)c1. The van der Waals surface area contributed by atoms with Gasteiger partial charge in [-0.15, -0.1) is 11.3 Å². The van der Waals surface area contributed by atoms with Crippen molar-refractivity contribution >= 4 is 27.3 Å². The molecule has 2 saturated heterocycles. The second-order valence-corrected chi connectivity index (χ2v) is 11.6. The van der Waals surface area contributed by atoms with E-state index in [1.165, 1.54) is 29.5 Å². The smallest absolute Gasteiger partial charge is 0.220 e. The van der Waals surface area contributed by atoms with Crippen molar-refractivity contribution in [2.75, 3.05) is 26.2 Å². The van der Waals surface area contributed by atoms with Gasteiger partial charge in [0, 0.05) is 40.1 Å². The molecule has 2 aliphatic rings. The molecule has 6 rings (SSSR count). The second-order valence-electron chi connectivity index (χ2n) is 10.7. The summed E-state index contributed by atoms with van der Waals surface area (Å²) < 4.78 is 7.56. The maximum absolute atomic E-state index is 11.8. The van der Waals surface area contributed by atoms with Crippen LogP contribution >= 0.6 is 11.3 Å². The minimum atomic E-state index is 0.0346. The number of carbonyl (C=O) groups is 1. The van der Waals surface area contributed by atoms with Gasteiger partial charge in [0.25, 0.3) is 0 Å². The molecular weight excluding hydrogens is 492 g/mol. The van der Waals surface area contributed by atoms with Crippen LogP contribution in [0.2, 0.25) is 0 Å². The maximum atomic E-state index is 11.8. The number of nitrogens with one attached hydrogen (secondary N) is 1. The van der Waals surface area contributed by atoms with E-state index < -0.39 is 0 Å². The number of phenolic OH excluding ortho intramolecular Hbond substituents is 1. The number of fused-ring (bicyclic) bond motifs is 1. The van der Waals surface area contributed by atoms with Crippen LogP contribution in [-0.4, -0.2) is 48.2 Å². The number of thiophene rings is 1. The summed E-state index contributed by atoms with van der Waals surface area (Å²) >= 11 is 1.63. The number of phenols is 1. The van der Waals surface area contributed by atoms with Gasteiger partial charge >= 0.3 is 0 Å². The highest BCUT2D eigenvalue weighted by Crippen LogP contribution is 2.42. The van der Waals surface area contributed by atoms with E-state index >= 15 is 0 Å². The van der Waals surface area contributed by atoms with Gasteiger partial charge in [0.15, 0.2) is 0 Å². The number of carbonyl (C=O) groups excluding carboxylic acids is 1. The van der Waals surface area contributed by atoms with E-state index in [9.17, 15) is 9.90 Å². The number of ether oxygens (including phenoxy) is 1. The fourth-order valence-corrected chi connectivity index (χ4v) is 6.82. The van der Waals surface area contributed by atoms with Gasteiger partial charge < -0.3 is 20.1 Å². The van der Waals surface area contributed by atoms with Crippen LogP contribution < -0.4 is 10.1 Å². The topological polar surface area (TPSA) is 61.8 Å². The summed E-state index contributed by atoms with van der Waals surface area (Å²) in [6.45, 7) is 5.90. The number of benzene rings is 3. The van der Waals surface area contributed by atoms with Gasteiger partial charge in [-0.25, -0.2) is 0 Å². The zero-order valence-electron chi connectivity index (χ0n) is 21.8. The van der Waals surface area contributed by atoms with Gasteiger partial charge in [-0.3, -0.25) is 4.79 Å². The monoisotopic (exact) mass is 526 g/mol. The minimum Gasteiger partial charge on any atom is -0.508 e. The Morgan fingerprint density at radius 3 is 2.68 bits per heavy atom. The molecule has 1 aromatic heterocycles. The lowest BCUT2D eigenvalue weighted by Crippen LogP contribution is -2.31. The zero-order chi connectivity index (χ0) is 26.1. The normalized spacial score (nSPS) is 18.7. The van der Waals surface area contributed by atoms with Crippen LogP contribution in [0.1, 0.15) is 48.3 Å². The first kappa shape index (κ1) is 25.0. The maximum Gasteiger partial charge on any atom is 0.220 e. The number of aryl methyl sites for hydroxylation is 1. The highest BCUT2D eigenvalue weighted by Gasteiger charge is 2.25. The lowest BCUT2D eigenvalue weighted by atomic mass is 9.88. The summed E-state index contributed by atoms with van der Waals surface area (Å²) in [5.41, 5.74) is 5.99. The fourth-order valence-electron chi connectivity index (χ4n) is 5.83. The number of likely N-dealkylation sites (tertiary alicyclic amines) is 1. The molecule has 2 unspecified atom stereocenters. The first-order valence-electron chi connectivity index (χ1n) is 13.6. The Kier molecular flexibility index (Phi) is 7.09. The van der Waals surface area contributed by atoms with Gasteiger partial charge in [0.2, 0.25) is 5.91 Å². The van der Waals surface area contributed by atoms with Crippen molar-refractivity contribution in [2.24, 2.45) is 0 Å². The number of aromatic hydroxyl groups is 1. The van der Waals surface area contributed by atoms with Crippen molar-refractivity contribution in [3.05, 3.63) is 82.7 Å². The molecule has 0 saturated carbocycles. The Morgan fingerprint density at radius 2 is 1.89 bits per heavy atom. The van der Waals surface area contributed by atoms with Crippen molar-refractivity contribution in [1.82, 2.24) is 10.2 Å². The average molecular weight is 527 g/mol. The Balaban J connectivity index is 1.40. The zero-order valence-corrected chi connectivity index (χ0v) is 22.6. The molecule has 6 heteroatoms. The molecule has 0 bridgehead atoms. The van der Waals surface area contributed by atoms with E-state index in [1.807, 2.05) is 12.1 Å². The Hall–Kier alpha value is -3.35. The fraction of sp³-hybridized carbons (Fsp3) is 0.344. The van der Waals surface area contributed by atoms with Gasteiger partial charge in [-0.2, -0.15) is 0 Å². The number of amides is 1. The number of rotatable bonds is 8. The van der Waals surface area contributed by atoms with Crippen LogP contribution in [0.15, 0.2) is 66.0 Å². The Bertz CT molecular complexity index is 1460. The molecular formula is C32H34N2O3S. The summed E-state index contributed by atoms with van der Waals surface area (Å²) in [6, 6.07) is 21.1. The van der Waals surface area contributed by atoms with Crippen LogP contribution in [0.4, 0.5) is 0 Å². The summed E-state index contributed by atoms with van der Waals surface area (Å²) in [4.78, 5) is 14.4. The largest absolute Gasteiger partial charge is 0.508 e. The minimum absolute atomic E-state index is 0.0346. The van der Waals surface area contributed by atoms with Gasteiger partial charge in [-0.05, 0) is 80.0 Å². The van der Waals surface area contributed by atoms with E-state index in [0.29, 0.717) is 13.0 Å². The molecule has 3 heterocycles. The number of hydrogen-bond donors (Lipinski definition) is 2. The predicted octanol–water partition coefficient (Wildman–Crippen LogP) is 6.47. The third-order valence-electron chi connectivity index (χ3n) is 7.87. The molecule has 1 amide bonds. The summed E-state index contributed by atoms with van der Waals surface area (Å²) in [6.07, 6.45) is 3.89. The Labute approximate surface area is 228 Å². The molecule has 4 aromatic rings. The van der Waals surface area contributed by atoms with E-state index in [2.05, 4.69) is 65.0 Å². The molecule has 2 atom stereocenters. The van der Waals surface area contributed by atoms with Crippen LogP contribution in [0, 0.1) is 6.92 Å². The van der Waals surface area contributed by atoms with E-state index in [1.54, 1.807) is 17.4 Å². The van der Waals surface area contributed by atoms with Crippen molar-refractivity contribution in [3.63, 3.8) is 0 Å². The van der Waals surface area contributed by atoms with Gasteiger partial charge in [0.05, 0.1) is 6.04 Å². The number of nitrogens with zero attached hydrogens (tertiary/aromatic N) is 1. The molecule has 0 radical (unpaired) electrons. The van der Waals surface area contributed by atoms with Crippen LogP contribution in [-0.2, 0) is 4.79 Å². The summed E-state index contributed by atoms with van der Waals surface area (Å²) in [5, 5.41) is 16.3. The predicted molar refractivity (Wildman–Crippen MR) is 154 cm³/mol. The quantitative estimate of drug-likeness (QED) is 0.276. The van der Waals surface area contributed by atoms with Gasteiger partial charge in [0.1, 0.15) is 18.1 Å². The van der Waals surface area contributed by atoms with Crippen LogP contribution in [0.3, 0.4) is 0 Å². The first-order valence-corrected chi connectivity index (χ1v) is 14.5. The molecule has 38 heavy (non-hydrogen) atoms. The van der Waals surface area contributed by atoms with E-state index in [4.69, 9.17) is 4.74 Å².